The molecule has 1 atom stereocenters. The van der Waals surface area contributed by atoms with E-state index in [4.69, 9.17) is 5.73 Å². The summed E-state index contributed by atoms with van der Waals surface area (Å²) in [6.45, 7) is 2.38. The molecule has 3 N–H and O–H groups in total. The van der Waals surface area contributed by atoms with Crippen LogP contribution in [0.15, 0.2) is 22.7 Å². The standard InChI is InChI=1S/C12H14BrN3O2/c1-2-15-9(17)6-16-8-5-3-4-7(13)10(8)11(14)12(16)18/h3-5,11H,2,6,14H2,1H3,(H,15,17). The molecule has 1 aromatic carbocycles. The predicted octanol–water partition coefficient (Wildman–Crippen LogP) is 0.932. The second-order valence-corrected chi connectivity index (χ2v) is 4.88. The molecule has 0 saturated heterocycles. The zero-order chi connectivity index (χ0) is 13.3. The molecular weight excluding hydrogens is 298 g/mol. The number of likely N-dealkylation sites (N-methyl/N-ethyl adjacent to an activating group) is 1. The Hall–Kier alpha value is -1.40. The van der Waals surface area contributed by atoms with Crippen LogP contribution >= 0.6 is 15.9 Å². The minimum absolute atomic E-state index is 0.00380. The lowest BCUT2D eigenvalue weighted by Crippen LogP contribution is -2.40. The normalized spacial score (nSPS) is 17.8. The molecule has 0 aliphatic carbocycles. The van der Waals surface area contributed by atoms with Crippen LogP contribution in [0.4, 0.5) is 5.69 Å². The minimum atomic E-state index is -0.704. The van der Waals surface area contributed by atoms with Gasteiger partial charge in [0.1, 0.15) is 12.6 Å². The number of carbonyl (C=O) groups is 2. The molecule has 1 aromatic rings. The van der Waals surface area contributed by atoms with E-state index in [0.717, 1.165) is 10.0 Å². The first-order chi connectivity index (χ1) is 8.56. The van der Waals surface area contributed by atoms with Crippen molar-refractivity contribution in [1.29, 1.82) is 0 Å². The average Bonchev–Trinajstić information content (AvgIpc) is 2.56. The Labute approximate surface area is 113 Å². The number of halogens is 1. The van der Waals surface area contributed by atoms with Gasteiger partial charge in [-0.25, -0.2) is 0 Å². The number of rotatable bonds is 3. The molecule has 5 nitrogen and oxygen atoms in total. The van der Waals surface area contributed by atoms with Crippen LogP contribution in [-0.4, -0.2) is 24.9 Å². The Bertz CT molecular complexity index is 504. The molecule has 0 radical (unpaired) electrons. The number of nitrogens with two attached hydrogens (primary N) is 1. The Morgan fingerprint density at radius 1 is 1.56 bits per heavy atom. The number of benzene rings is 1. The van der Waals surface area contributed by atoms with Crippen molar-refractivity contribution in [2.75, 3.05) is 18.0 Å². The van der Waals surface area contributed by atoms with Gasteiger partial charge >= 0.3 is 0 Å². The van der Waals surface area contributed by atoms with E-state index in [9.17, 15) is 9.59 Å². The third-order valence-corrected chi connectivity index (χ3v) is 3.53. The number of nitrogens with one attached hydrogen (secondary N) is 1. The second kappa shape index (κ2) is 5.07. The van der Waals surface area contributed by atoms with Gasteiger partial charge in [-0.2, -0.15) is 0 Å². The first-order valence-corrected chi connectivity index (χ1v) is 6.47. The number of anilines is 1. The molecule has 1 aliphatic rings. The van der Waals surface area contributed by atoms with Crippen LogP contribution < -0.4 is 16.0 Å². The fraction of sp³-hybridized carbons (Fsp3) is 0.333. The highest BCUT2D eigenvalue weighted by molar-refractivity contribution is 9.10. The van der Waals surface area contributed by atoms with Crippen LogP contribution in [0.2, 0.25) is 0 Å². The van der Waals surface area contributed by atoms with Gasteiger partial charge in [-0.1, -0.05) is 22.0 Å². The van der Waals surface area contributed by atoms with Crippen LogP contribution in [0.1, 0.15) is 18.5 Å². The summed E-state index contributed by atoms with van der Waals surface area (Å²) in [6, 6.07) is 4.75. The number of hydrogen-bond acceptors (Lipinski definition) is 3. The largest absolute Gasteiger partial charge is 0.355 e. The summed E-state index contributed by atoms with van der Waals surface area (Å²) in [7, 11) is 0. The van der Waals surface area contributed by atoms with E-state index in [1.807, 2.05) is 19.1 Å². The summed E-state index contributed by atoms with van der Waals surface area (Å²) in [6.07, 6.45) is 0. The molecular formula is C12H14BrN3O2. The Morgan fingerprint density at radius 3 is 2.94 bits per heavy atom. The third-order valence-electron chi connectivity index (χ3n) is 2.84. The van der Waals surface area contributed by atoms with E-state index in [1.54, 1.807) is 6.07 Å². The van der Waals surface area contributed by atoms with Gasteiger partial charge < -0.3 is 16.0 Å². The number of fused-ring (bicyclic) bond motifs is 1. The topological polar surface area (TPSA) is 75.4 Å². The van der Waals surface area contributed by atoms with Crippen molar-refractivity contribution in [3.05, 3.63) is 28.2 Å². The van der Waals surface area contributed by atoms with Gasteiger partial charge in [-0.3, -0.25) is 9.59 Å². The summed E-state index contributed by atoms with van der Waals surface area (Å²) in [5.41, 5.74) is 7.32. The van der Waals surface area contributed by atoms with Crippen LogP contribution in [0.25, 0.3) is 0 Å². The predicted molar refractivity (Wildman–Crippen MR) is 72.1 cm³/mol. The molecule has 0 fully saturated rings. The van der Waals surface area contributed by atoms with Gasteiger partial charge in [-0.05, 0) is 19.1 Å². The summed E-state index contributed by atoms with van der Waals surface area (Å²) < 4.78 is 0.791. The zero-order valence-electron chi connectivity index (χ0n) is 9.94. The van der Waals surface area contributed by atoms with E-state index in [0.29, 0.717) is 12.2 Å². The molecule has 1 heterocycles. The van der Waals surface area contributed by atoms with E-state index in [1.165, 1.54) is 4.90 Å². The van der Waals surface area contributed by atoms with Crippen molar-refractivity contribution in [2.45, 2.75) is 13.0 Å². The van der Waals surface area contributed by atoms with Crippen molar-refractivity contribution in [1.82, 2.24) is 5.32 Å². The molecule has 0 saturated carbocycles. The molecule has 1 unspecified atom stereocenters. The van der Waals surface area contributed by atoms with Crippen LogP contribution in [0.5, 0.6) is 0 Å². The molecule has 0 bridgehead atoms. The summed E-state index contributed by atoms with van der Waals surface area (Å²) in [5.74, 6) is -0.436. The zero-order valence-corrected chi connectivity index (χ0v) is 11.5. The van der Waals surface area contributed by atoms with Crippen molar-refractivity contribution < 1.29 is 9.59 Å². The van der Waals surface area contributed by atoms with Crippen molar-refractivity contribution >= 4 is 33.4 Å². The second-order valence-electron chi connectivity index (χ2n) is 4.03. The number of amides is 2. The number of carbonyl (C=O) groups excluding carboxylic acids is 2. The number of nitrogens with zero attached hydrogens (tertiary/aromatic N) is 1. The Balaban J connectivity index is 2.32. The highest BCUT2D eigenvalue weighted by Gasteiger charge is 2.36. The first kappa shape index (κ1) is 13.0. The molecule has 2 rings (SSSR count). The molecule has 1 aliphatic heterocycles. The minimum Gasteiger partial charge on any atom is -0.355 e. The maximum Gasteiger partial charge on any atom is 0.249 e. The van der Waals surface area contributed by atoms with Gasteiger partial charge in [0.05, 0.1) is 5.69 Å². The quantitative estimate of drug-likeness (QED) is 0.872. The Morgan fingerprint density at radius 2 is 2.28 bits per heavy atom. The molecule has 0 aromatic heterocycles. The Kier molecular flexibility index (Phi) is 3.68. The highest BCUT2D eigenvalue weighted by Crippen LogP contribution is 2.38. The lowest BCUT2D eigenvalue weighted by Gasteiger charge is -2.16. The molecule has 0 spiro atoms. The van der Waals surface area contributed by atoms with Crippen LogP contribution in [0, 0.1) is 0 Å². The van der Waals surface area contributed by atoms with E-state index in [-0.39, 0.29) is 18.4 Å². The summed E-state index contributed by atoms with van der Waals surface area (Å²) in [5, 5.41) is 2.67. The van der Waals surface area contributed by atoms with E-state index in [2.05, 4.69) is 21.2 Å². The SMILES string of the molecule is CCNC(=O)CN1C(=O)C(N)c2c(Br)cccc21. The first-order valence-electron chi connectivity index (χ1n) is 5.68. The maximum atomic E-state index is 12.1. The van der Waals surface area contributed by atoms with Gasteiger partial charge in [-0.15, -0.1) is 0 Å². The van der Waals surface area contributed by atoms with E-state index >= 15 is 0 Å². The van der Waals surface area contributed by atoms with Gasteiger partial charge in [0.25, 0.3) is 0 Å². The summed E-state index contributed by atoms with van der Waals surface area (Å²) >= 11 is 3.38. The van der Waals surface area contributed by atoms with Crippen LogP contribution in [-0.2, 0) is 9.59 Å². The fourth-order valence-electron chi connectivity index (χ4n) is 2.04. The van der Waals surface area contributed by atoms with Crippen LogP contribution in [0.3, 0.4) is 0 Å². The fourth-order valence-corrected chi connectivity index (χ4v) is 2.64. The molecule has 96 valence electrons. The van der Waals surface area contributed by atoms with E-state index < -0.39 is 6.04 Å². The van der Waals surface area contributed by atoms with Crippen molar-refractivity contribution in [3.8, 4) is 0 Å². The molecule has 6 heteroatoms. The lowest BCUT2D eigenvalue weighted by atomic mass is 10.1. The number of hydrogen-bond donors (Lipinski definition) is 2. The van der Waals surface area contributed by atoms with Gasteiger partial charge in [0.15, 0.2) is 0 Å². The molecule has 2 amide bonds. The maximum absolute atomic E-state index is 12.1. The van der Waals surface area contributed by atoms with Gasteiger partial charge in [0.2, 0.25) is 11.8 Å². The third kappa shape index (κ3) is 2.13. The highest BCUT2D eigenvalue weighted by atomic mass is 79.9. The van der Waals surface area contributed by atoms with Crippen molar-refractivity contribution in [3.63, 3.8) is 0 Å². The monoisotopic (exact) mass is 311 g/mol. The summed E-state index contributed by atoms with van der Waals surface area (Å²) in [4.78, 5) is 25.1. The van der Waals surface area contributed by atoms with Gasteiger partial charge in [0, 0.05) is 16.6 Å². The lowest BCUT2D eigenvalue weighted by molar-refractivity contribution is -0.124. The smallest absolute Gasteiger partial charge is 0.249 e. The van der Waals surface area contributed by atoms with Crippen molar-refractivity contribution in [2.24, 2.45) is 5.73 Å². The average molecular weight is 312 g/mol. The molecule has 18 heavy (non-hydrogen) atoms.